The SMILES string of the molecule is C=C(/C=C\C=C/C)C(=C)CC(C=CC)(C1CC(C)=CC(F)=C1/C(C)=C/C=C\CC)C(C)(C)C=CCC. The first-order valence-electron chi connectivity index (χ1n) is 13.4. The first-order chi connectivity index (χ1) is 17.0. The predicted molar refractivity (Wildman–Crippen MR) is 160 cm³/mol. The van der Waals surface area contributed by atoms with Crippen molar-refractivity contribution >= 4 is 0 Å². The van der Waals surface area contributed by atoms with E-state index >= 15 is 4.39 Å². The minimum absolute atomic E-state index is 0.0504. The summed E-state index contributed by atoms with van der Waals surface area (Å²) in [6, 6.07) is 0. The lowest BCUT2D eigenvalue weighted by atomic mass is 9.52. The molecule has 1 aliphatic rings. The summed E-state index contributed by atoms with van der Waals surface area (Å²) in [6.45, 7) is 25.8. The highest BCUT2D eigenvalue weighted by molar-refractivity contribution is 5.48. The van der Waals surface area contributed by atoms with E-state index in [0.717, 1.165) is 47.1 Å². The van der Waals surface area contributed by atoms with Crippen LogP contribution in [0.15, 0.2) is 120 Å². The Labute approximate surface area is 221 Å². The molecule has 0 radical (unpaired) electrons. The van der Waals surface area contributed by atoms with Crippen molar-refractivity contribution in [1.82, 2.24) is 0 Å². The summed E-state index contributed by atoms with van der Waals surface area (Å²) >= 11 is 0. The molecule has 0 saturated carbocycles. The summed E-state index contributed by atoms with van der Waals surface area (Å²) in [5, 5.41) is 0. The van der Waals surface area contributed by atoms with Gasteiger partial charge in [0.25, 0.3) is 0 Å². The molecule has 196 valence electrons. The lowest BCUT2D eigenvalue weighted by Crippen LogP contribution is -2.44. The van der Waals surface area contributed by atoms with E-state index in [1.165, 1.54) is 0 Å². The monoisotopic (exact) mass is 488 g/mol. The van der Waals surface area contributed by atoms with E-state index in [-0.39, 0.29) is 17.2 Å². The summed E-state index contributed by atoms with van der Waals surface area (Å²) in [6.07, 6.45) is 28.3. The molecule has 1 rings (SSSR count). The van der Waals surface area contributed by atoms with Crippen molar-refractivity contribution in [2.45, 2.75) is 81.1 Å². The quantitative estimate of drug-likeness (QED) is 0.179. The Morgan fingerprint density at radius 2 is 1.69 bits per heavy atom. The van der Waals surface area contributed by atoms with Crippen LogP contribution in [0.2, 0.25) is 0 Å². The van der Waals surface area contributed by atoms with Gasteiger partial charge in [-0.25, -0.2) is 4.39 Å². The van der Waals surface area contributed by atoms with Gasteiger partial charge in [-0.3, -0.25) is 0 Å². The standard InChI is InChI=1S/C35H49F/c1-11-15-18-20-28(6)30(8)26-35(22-14-4,34(9,10)23-17-13-3)31-24-27(5)25-32(36)33(31)29(7)21-19-16-12-2/h11,14-23,25,31H,6,8,12-13,24,26H2,1-5,7,9-10H3/b15-11-,19-16-,20-18-,22-14?,23-17?,29-21+. The molecule has 2 unspecified atom stereocenters. The van der Waals surface area contributed by atoms with E-state index in [0.29, 0.717) is 6.42 Å². The van der Waals surface area contributed by atoms with Crippen LogP contribution in [0.4, 0.5) is 4.39 Å². The van der Waals surface area contributed by atoms with E-state index in [2.05, 4.69) is 84.2 Å². The summed E-state index contributed by atoms with van der Waals surface area (Å²) in [7, 11) is 0. The van der Waals surface area contributed by atoms with E-state index in [4.69, 9.17) is 0 Å². The van der Waals surface area contributed by atoms with Crippen LogP contribution in [0.25, 0.3) is 0 Å². The second-order valence-electron chi connectivity index (χ2n) is 10.5. The van der Waals surface area contributed by atoms with Gasteiger partial charge in [0.2, 0.25) is 0 Å². The molecule has 36 heavy (non-hydrogen) atoms. The molecule has 0 spiro atoms. The van der Waals surface area contributed by atoms with Gasteiger partial charge in [-0.1, -0.05) is 113 Å². The Morgan fingerprint density at radius 1 is 1.03 bits per heavy atom. The third-order valence-electron chi connectivity index (χ3n) is 7.26. The summed E-state index contributed by atoms with van der Waals surface area (Å²) in [4.78, 5) is 0. The van der Waals surface area contributed by atoms with Crippen molar-refractivity contribution in [1.29, 1.82) is 0 Å². The molecule has 0 bridgehead atoms. The molecule has 0 amide bonds. The molecule has 0 saturated heterocycles. The van der Waals surface area contributed by atoms with Crippen LogP contribution in [-0.2, 0) is 0 Å². The van der Waals surface area contributed by atoms with Crippen molar-refractivity contribution in [3.8, 4) is 0 Å². The van der Waals surface area contributed by atoms with Crippen molar-refractivity contribution in [2.24, 2.45) is 16.7 Å². The maximum atomic E-state index is 15.9. The van der Waals surface area contributed by atoms with Crippen LogP contribution in [0.5, 0.6) is 0 Å². The maximum Gasteiger partial charge on any atom is 0.126 e. The molecular weight excluding hydrogens is 439 g/mol. The second-order valence-corrected chi connectivity index (χ2v) is 10.5. The van der Waals surface area contributed by atoms with Gasteiger partial charge in [0.1, 0.15) is 5.83 Å². The van der Waals surface area contributed by atoms with Gasteiger partial charge >= 0.3 is 0 Å². The zero-order chi connectivity index (χ0) is 27.4. The van der Waals surface area contributed by atoms with Crippen LogP contribution in [0.1, 0.15) is 81.1 Å². The fourth-order valence-electron chi connectivity index (χ4n) is 5.21. The molecule has 1 heteroatoms. The average molecular weight is 489 g/mol. The Kier molecular flexibility index (Phi) is 12.9. The number of halogens is 1. The lowest BCUT2D eigenvalue weighted by molar-refractivity contribution is 0.110. The summed E-state index contributed by atoms with van der Waals surface area (Å²) < 4.78 is 15.9. The first kappa shape index (κ1) is 31.4. The zero-order valence-corrected chi connectivity index (χ0v) is 24.1. The van der Waals surface area contributed by atoms with Crippen LogP contribution in [-0.4, -0.2) is 0 Å². The Hall–Kier alpha value is -2.67. The van der Waals surface area contributed by atoms with Gasteiger partial charge in [0, 0.05) is 11.3 Å². The highest BCUT2D eigenvalue weighted by Crippen LogP contribution is 2.58. The lowest BCUT2D eigenvalue weighted by Gasteiger charge is -2.51. The molecule has 0 fully saturated rings. The number of rotatable bonds is 13. The Bertz CT molecular complexity index is 1010. The number of allylic oxidation sites excluding steroid dienone is 18. The molecule has 0 nitrogen and oxygen atoms in total. The molecule has 2 atom stereocenters. The van der Waals surface area contributed by atoms with Gasteiger partial charge < -0.3 is 0 Å². The van der Waals surface area contributed by atoms with Gasteiger partial charge in [0.05, 0.1) is 0 Å². The summed E-state index contributed by atoms with van der Waals surface area (Å²) in [5.74, 6) is -0.172. The molecule has 0 N–H and O–H groups in total. The molecule has 0 aromatic rings. The van der Waals surface area contributed by atoms with Crippen molar-refractivity contribution in [3.05, 3.63) is 120 Å². The molecule has 1 aliphatic carbocycles. The van der Waals surface area contributed by atoms with E-state index in [1.54, 1.807) is 6.08 Å². The summed E-state index contributed by atoms with van der Waals surface area (Å²) in [5.41, 5.74) is 4.07. The number of hydrogen-bond donors (Lipinski definition) is 0. The van der Waals surface area contributed by atoms with Crippen molar-refractivity contribution in [3.63, 3.8) is 0 Å². The molecule has 0 aliphatic heterocycles. The highest BCUT2D eigenvalue weighted by atomic mass is 19.1. The Balaban J connectivity index is 3.89. The third kappa shape index (κ3) is 7.92. The van der Waals surface area contributed by atoms with Crippen LogP contribution in [0, 0.1) is 16.7 Å². The third-order valence-corrected chi connectivity index (χ3v) is 7.26. The predicted octanol–water partition coefficient (Wildman–Crippen LogP) is 11.3. The second kappa shape index (κ2) is 14.8. The van der Waals surface area contributed by atoms with E-state index in [9.17, 15) is 0 Å². The van der Waals surface area contributed by atoms with Crippen LogP contribution in [0.3, 0.4) is 0 Å². The molecule has 0 heterocycles. The fraction of sp³-hybridized carbons (Fsp3) is 0.429. The van der Waals surface area contributed by atoms with Crippen LogP contribution < -0.4 is 0 Å². The highest BCUT2D eigenvalue weighted by Gasteiger charge is 2.50. The zero-order valence-electron chi connectivity index (χ0n) is 24.1. The first-order valence-corrected chi connectivity index (χ1v) is 13.4. The normalized spacial score (nSPS) is 19.9. The fourth-order valence-corrected chi connectivity index (χ4v) is 5.21. The molecule has 0 aromatic heterocycles. The molecular formula is C35H49F. The van der Waals surface area contributed by atoms with Crippen molar-refractivity contribution < 1.29 is 4.39 Å². The van der Waals surface area contributed by atoms with E-state index in [1.807, 2.05) is 51.2 Å². The minimum atomic E-state index is -0.409. The van der Waals surface area contributed by atoms with Gasteiger partial charge in [-0.2, -0.15) is 0 Å². The smallest absolute Gasteiger partial charge is 0.126 e. The topological polar surface area (TPSA) is 0 Å². The van der Waals surface area contributed by atoms with Crippen LogP contribution >= 0.6 is 0 Å². The van der Waals surface area contributed by atoms with Crippen molar-refractivity contribution in [2.75, 3.05) is 0 Å². The largest absolute Gasteiger partial charge is 0.207 e. The van der Waals surface area contributed by atoms with Gasteiger partial charge in [-0.05, 0) is 87.2 Å². The van der Waals surface area contributed by atoms with E-state index < -0.39 is 5.41 Å². The average Bonchev–Trinajstić information content (AvgIpc) is 2.81. The van der Waals surface area contributed by atoms with Gasteiger partial charge in [-0.15, -0.1) is 0 Å². The molecule has 0 aromatic carbocycles. The minimum Gasteiger partial charge on any atom is -0.207 e. The van der Waals surface area contributed by atoms with Gasteiger partial charge in [0.15, 0.2) is 0 Å². The number of hydrogen-bond acceptors (Lipinski definition) is 0. The maximum absolute atomic E-state index is 15.9. The Morgan fingerprint density at radius 3 is 2.28 bits per heavy atom.